The lowest BCUT2D eigenvalue weighted by atomic mass is 10.1. The number of phenolic OH excluding ortho intramolecular Hbond substituents is 1. The van der Waals surface area contributed by atoms with Gasteiger partial charge in [0.25, 0.3) is 17.4 Å². The molecule has 1 aliphatic heterocycles. The highest BCUT2D eigenvalue weighted by atomic mass is 16.3. The van der Waals surface area contributed by atoms with E-state index in [0.29, 0.717) is 0 Å². The molecule has 7 nitrogen and oxygen atoms in total. The summed E-state index contributed by atoms with van der Waals surface area (Å²) >= 11 is 0. The molecule has 0 unspecified atom stereocenters. The normalized spacial score (nSPS) is 13.1. The molecule has 0 spiro atoms. The zero-order valence-corrected chi connectivity index (χ0v) is 11.7. The minimum Gasteiger partial charge on any atom is -0.506 e. The van der Waals surface area contributed by atoms with Gasteiger partial charge in [0.15, 0.2) is 0 Å². The number of nitrogen functional groups attached to an aromatic ring is 1. The van der Waals surface area contributed by atoms with Crippen molar-refractivity contribution in [2.24, 2.45) is 0 Å². The summed E-state index contributed by atoms with van der Waals surface area (Å²) in [5, 5.41) is 12.2. The molecule has 112 valence electrons. The predicted molar refractivity (Wildman–Crippen MR) is 79.3 cm³/mol. The summed E-state index contributed by atoms with van der Waals surface area (Å²) < 4.78 is 1.02. The minimum atomic E-state index is -0.657. The number of carbonyl (C=O) groups excluding carboxylic acids is 2. The number of benzene rings is 1. The molecule has 2 aromatic rings. The number of aryl methyl sites for hydroxylation is 1. The predicted octanol–water partition coefficient (Wildman–Crippen LogP) is 0.571. The van der Waals surface area contributed by atoms with E-state index in [1.165, 1.54) is 6.07 Å². The van der Waals surface area contributed by atoms with Crippen molar-refractivity contribution in [3.63, 3.8) is 0 Å². The van der Waals surface area contributed by atoms with Crippen molar-refractivity contribution in [2.45, 2.75) is 13.3 Å². The van der Waals surface area contributed by atoms with Crippen LogP contribution in [0.2, 0.25) is 0 Å². The minimum absolute atomic E-state index is 0.0478. The summed E-state index contributed by atoms with van der Waals surface area (Å²) in [7, 11) is 0. The van der Waals surface area contributed by atoms with Gasteiger partial charge in [0.1, 0.15) is 11.6 Å². The molecule has 7 heteroatoms. The number of hydrogen-bond donors (Lipinski definition) is 3. The van der Waals surface area contributed by atoms with Crippen LogP contribution in [0.5, 0.6) is 5.75 Å². The van der Waals surface area contributed by atoms with Crippen molar-refractivity contribution in [1.29, 1.82) is 0 Å². The van der Waals surface area contributed by atoms with Gasteiger partial charge in [-0.1, -0.05) is 13.0 Å². The van der Waals surface area contributed by atoms with Crippen LogP contribution >= 0.6 is 0 Å². The highest BCUT2D eigenvalue weighted by molar-refractivity contribution is 6.23. The van der Waals surface area contributed by atoms with E-state index in [1.807, 2.05) is 6.92 Å². The Kier molecular flexibility index (Phi) is 2.98. The van der Waals surface area contributed by atoms with E-state index in [4.69, 9.17) is 5.73 Å². The van der Waals surface area contributed by atoms with Crippen molar-refractivity contribution in [3.05, 3.63) is 51.3 Å². The SMILES string of the molecule is CCc1ccc(-n2c(N)c3c(cc2=O)C(=O)NC3=O)c(O)c1. The van der Waals surface area contributed by atoms with Gasteiger partial charge in [-0.25, -0.2) is 0 Å². The van der Waals surface area contributed by atoms with E-state index in [2.05, 4.69) is 5.32 Å². The molecule has 2 amide bonds. The van der Waals surface area contributed by atoms with Crippen LogP contribution in [0.4, 0.5) is 5.82 Å². The standard InChI is InChI=1S/C15H13N3O4/c1-2-7-3-4-9(10(19)5-7)18-11(20)6-8-12(13(18)16)15(22)17-14(8)21/h3-6,19H,2,16H2,1H3,(H,17,21,22). The smallest absolute Gasteiger partial charge is 0.262 e. The molecule has 2 heterocycles. The van der Waals surface area contributed by atoms with Crippen molar-refractivity contribution >= 4 is 17.6 Å². The number of rotatable bonds is 2. The van der Waals surface area contributed by atoms with E-state index in [9.17, 15) is 19.5 Å². The molecular formula is C15H13N3O4. The lowest BCUT2D eigenvalue weighted by molar-refractivity contribution is 0.0880. The largest absolute Gasteiger partial charge is 0.506 e. The monoisotopic (exact) mass is 299 g/mol. The van der Waals surface area contributed by atoms with Crippen LogP contribution in [0.3, 0.4) is 0 Å². The number of anilines is 1. The Labute approximate surface area is 125 Å². The topological polar surface area (TPSA) is 114 Å². The maximum Gasteiger partial charge on any atom is 0.262 e. The molecule has 0 fully saturated rings. The van der Waals surface area contributed by atoms with Gasteiger partial charge in [-0.15, -0.1) is 0 Å². The molecule has 22 heavy (non-hydrogen) atoms. The van der Waals surface area contributed by atoms with Crippen molar-refractivity contribution in [2.75, 3.05) is 5.73 Å². The number of imide groups is 1. The lowest BCUT2D eigenvalue weighted by Crippen LogP contribution is -2.24. The van der Waals surface area contributed by atoms with Gasteiger partial charge >= 0.3 is 0 Å². The van der Waals surface area contributed by atoms with Gasteiger partial charge < -0.3 is 10.8 Å². The summed E-state index contributed by atoms with van der Waals surface area (Å²) in [6.07, 6.45) is 0.722. The van der Waals surface area contributed by atoms with Crippen LogP contribution in [0.25, 0.3) is 5.69 Å². The van der Waals surface area contributed by atoms with Crippen LogP contribution in [-0.2, 0) is 6.42 Å². The zero-order chi connectivity index (χ0) is 16.0. The molecule has 4 N–H and O–H groups in total. The molecule has 3 rings (SSSR count). The highest BCUT2D eigenvalue weighted by Gasteiger charge is 2.32. The Hall–Kier alpha value is -3.09. The molecule has 0 saturated carbocycles. The first-order chi connectivity index (χ1) is 10.4. The molecule has 0 aliphatic carbocycles. The average molecular weight is 299 g/mol. The molecule has 0 bridgehead atoms. The molecular weight excluding hydrogens is 286 g/mol. The maximum atomic E-state index is 12.2. The van der Waals surface area contributed by atoms with Gasteiger partial charge in [-0.05, 0) is 24.1 Å². The lowest BCUT2D eigenvalue weighted by Gasteiger charge is -2.13. The number of hydrogen-bond acceptors (Lipinski definition) is 5. The summed E-state index contributed by atoms with van der Waals surface area (Å²) in [6, 6.07) is 5.87. The van der Waals surface area contributed by atoms with Gasteiger partial charge in [0.2, 0.25) is 0 Å². The zero-order valence-electron chi connectivity index (χ0n) is 11.7. The fraction of sp³-hybridized carbons (Fsp3) is 0.133. The van der Waals surface area contributed by atoms with Gasteiger partial charge in [-0.3, -0.25) is 24.3 Å². The van der Waals surface area contributed by atoms with Crippen LogP contribution < -0.4 is 16.6 Å². The molecule has 0 radical (unpaired) electrons. The number of nitrogens with two attached hydrogens (primary N) is 1. The summed E-state index contributed by atoms with van der Waals surface area (Å²) in [5.41, 5.74) is 6.25. The number of nitrogens with zero attached hydrogens (tertiary/aromatic N) is 1. The number of phenols is 1. The third-order valence-electron chi connectivity index (χ3n) is 3.64. The summed E-state index contributed by atoms with van der Waals surface area (Å²) in [5.74, 6) is -1.61. The first kappa shape index (κ1) is 13.9. The first-order valence-electron chi connectivity index (χ1n) is 6.67. The third kappa shape index (κ3) is 1.86. The Morgan fingerprint density at radius 3 is 2.55 bits per heavy atom. The van der Waals surface area contributed by atoms with E-state index in [-0.39, 0.29) is 28.4 Å². The number of aromatic nitrogens is 1. The van der Waals surface area contributed by atoms with Crippen molar-refractivity contribution in [3.8, 4) is 11.4 Å². The number of fused-ring (bicyclic) bond motifs is 1. The van der Waals surface area contributed by atoms with Gasteiger partial charge in [0, 0.05) is 6.07 Å². The van der Waals surface area contributed by atoms with Crippen LogP contribution in [0, 0.1) is 0 Å². The molecule has 1 aliphatic rings. The Morgan fingerprint density at radius 1 is 1.18 bits per heavy atom. The van der Waals surface area contributed by atoms with E-state index in [1.54, 1.807) is 12.1 Å². The summed E-state index contributed by atoms with van der Waals surface area (Å²) in [4.78, 5) is 35.6. The van der Waals surface area contributed by atoms with E-state index in [0.717, 1.165) is 22.6 Å². The third-order valence-corrected chi connectivity index (χ3v) is 3.64. The number of carbonyl (C=O) groups is 2. The molecule has 0 atom stereocenters. The fourth-order valence-electron chi connectivity index (χ4n) is 2.51. The second kappa shape index (κ2) is 4.73. The second-order valence-electron chi connectivity index (χ2n) is 4.95. The molecule has 1 aromatic carbocycles. The average Bonchev–Trinajstić information content (AvgIpc) is 2.75. The van der Waals surface area contributed by atoms with Crippen molar-refractivity contribution < 1.29 is 14.7 Å². The number of aromatic hydroxyl groups is 1. The molecule has 0 saturated heterocycles. The highest BCUT2D eigenvalue weighted by Crippen LogP contribution is 2.28. The Balaban J connectivity index is 2.30. The van der Waals surface area contributed by atoms with Crippen molar-refractivity contribution in [1.82, 2.24) is 9.88 Å². The number of nitrogens with one attached hydrogen (secondary N) is 1. The Bertz CT molecular complexity index is 883. The van der Waals surface area contributed by atoms with Gasteiger partial charge in [-0.2, -0.15) is 0 Å². The number of amides is 2. The van der Waals surface area contributed by atoms with E-state index < -0.39 is 17.4 Å². The molecule has 1 aromatic heterocycles. The maximum absolute atomic E-state index is 12.2. The second-order valence-corrected chi connectivity index (χ2v) is 4.95. The van der Waals surface area contributed by atoms with Gasteiger partial charge in [0.05, 0.1) is 16.8 Å². The Morgan fingerprint density at radius 2 is 1.91 bits per heavy atom. The summed E-state index contributed by atoms with van der Waals surface area (Å²) in [6.45, 7) is 1.93. The first-order valence-corrected chi connectivity index (χ1v) is 6.67. The van der Waals surface area contributed by atoms with Crippen LogP contribution in [0.1, 0.15) is 33.2 Å². The van der Waals surface area contributed by atoms with E-state index >= 15 is 0 Å². The quantitative estimate of drug-likeness (QED) is 0.701. The van der Waals surface area contributed by atoms with Crippen LogP contribution in [0.15, 0.2) is 29.1 Å². The number of pyridine rings is 1. The van der Waals surface area contributed by atoms with Crippen LogP contribution in [-0.4, -0.2) is 21.5 Å². The fourth-order valence-corrected chi connectivity index (χ4v) is 2.51.